The normalized spacial score (nSPS) is 15.9. The van der Waals surface area contributed by atoms with Crippen LogP contribution in [0.15, 0.2) is 61.3 Å². The predicted molar refractivity (Wildman–Crippen MR) is 74.4 cm³/mol. The molecule has 0 saturated carbocycles. The highest BCUT2D eigenvalue weighted by atomic mass is 16.5. The monoisotopic (exact) mass is 263 g/mol. The first kappa shape index (κ1) is 11.4. The first-order valence-corrected chi connectivity index (χ1v) is 6.55. The van der Waals surface area contributed by atoms with Crippen molar-refractivity contribution in [3.8, 4) is 5.69 Å². The lowest BCUT2D eigenvalue weighted by atomic mass is 10.1. The first-order chi connectivity index (χ1) is 9.93. The summed E-state index contributed by atoms with van der Waals surface area (Å²) in [5, 5.41) is 0. The molecule has 0 amide bonds. The van der Waals surface area contributed by atoms with E-state index in [1.807, 2.05) is 36.8 Å². The molecule has 20 heavy (non-hydrogen) atoms. The van der Waals surface area contributed by atoms with Crippen LogP contribution in [-0.4, -0.2) is 14.5 Å². The molecule has 4 heteroatoms. The Morgan fingerprint density at radius 3 is 2.80 bits per heavy atom. The minimum absolute atomic E-state index is 0.0538. The standard InChI is InChI=1S/C16H13N3O/c1-2-4-14-13(3-1)16(15-9-18-11-19(14)15)20-10-12-5-7-17-8-6-12/h1-9,11,16H,10H2. The smallest absolute Gasteiger partial charge is 0.127 e. The predicted octanol–water partition coefficient (Wildman–Crippen LogP) is 2.89. The van der Waals surface area contributed by atoms with E-state index in [9.17, 15) is 0 Å². The third-order valence-corrected chi connectivity index (χ3v) is 3.58. The quantitative estimate of drug-likeness (QED) is 0.729. The average molecular weight is 263 g/mol. The molecule has 4 nitrogen and oxygen atoms in total. The fourth-order valence-electron chi connectivity index (χ4n) is 2.62. The highest BCUT2D eigenvalue weighted by molar-refractivity contribution is 5.51. The number of para-hydroxylation sites is 1. The summed E-state index contributed by atoms with van der Waals surface area (Å²) in [6.07, 6.45) is 7.22. The van der Waals surface area contributed by atoms with E-state index < -0.39 is 0 Å². The number of imidazole rings is 1. The van der Waals surface area contributed by atoms with Gasteiger partial charge in [-0.1, -0.05) is 18.2 Å². The summed E-state index contributed by atoms with van der Waals surface area (Å²) in [6, 6.07) is 12.2. The maximum absolute atomic E-state index is 6.11. The SMILES string of the molecule is c1ccc2c(c1)C(OCc1ccncc1)c1cncn1-2. The van der Waals surface area contributed by atoms with Crippen molar-refractivity contribution >= 4 is 0 Å². The van der Waals surface area contributed by atoms with Gasteiger partial charge in [-0.25, -0.2) is 4.98 Å². The molecule has 1 aliphatic rings. The number of pyridine rings is 1. The van der Waals surface area contributed by atoms with Crippen LogP contribution < -0.4 is 0 Å². The first-order valence-electron chi connectivity index (χ1n) is 6.55. The summed E-state index contributed by atoms with van der Waals surface area (Å²) in [4.78, 5) is 8.24. The van der Waals surface area contributed by atoms with E-state index in [1.54, 1.807) is 12.4 Å². The third kappa shape index (κ3) is 1.73. The summed E-state index contributed by atoms with van der Waals surface area (Å²) in [6.45, 7) is 0.562. The van der Waals surface area contributed by atoms with Gasteiger partial charge in [0.2, 0.25) is 0 Å². The second kappa shape index (κ2) is 4.58. The fraction of sp³-hybridized carbons (Fsp3) is 0.125. The van der Waals surface area contributed by atoms with E-state index in [2.05, 4.69) is 26.7 Å². The third-order valence-electron chi connectivity index (χ3n) is 3.58. The van der Waals surface area contributed by atoms with Crippen molar-refractivity contribution in [3.63, 3.8) is 0 Å². The maximum atomic E-state index is 6.11. The van der Waals surface area contributed by atoms with Crippen LogP contribution in [-0.2, 0) is 11.3 Å². The average Bonchev–Trinajstić information content (AvgIpc) is 3.07. The minimum Gasteiger partial charge on any atom is -0.362 e. The number of hydrogen-bond acceptors (Lipinski definition) is 3. The molecule has 0 N–H and O–H groups in total. The molecule has 0 aliphatic carbocycles. The summed E-state index contributed by atoms with van der Waals surface area (Å²) >= 11 is 0. The van der Waals surface area contributed by atoms with E-state index >= 15 is 0 Å². The van der Waals surface area contributed by atoms with Crippen LogP contribution >= 0.6 is 0 Å². The molecule has 0 fully saturated rings. The van der Waals surface area contributed by atoms with Gasteiger partial charge in [0, 0.05) is 18.0 Å². The Kier molecular flexibility index (Phi) is 2.60. The Labute approximate surface area is 116 Å². The van der Waals surface area contributed by atoms with Crippen molar-refractivity contribution in [1.29, 1.82) is 0 Å². The Balaban J connectivity index is 1.66. The summed E-state index contributed by atoms with van der Waals surface area (Å²) in [5.41, 5.74) is 4.55. The van der Waals surface area contributed by atoms with Gasteiger partial charge < -0.3 is 4.74 Å². The molecule has 1 unspecified atom stereocenters. The van der Waals surface area contributed by atoms with Crippen molar-refractivity contribution in [2.75, 3.05) is 0 Å². The largest absolute Gasteiger partial charge is 0.362 e. The Morgan fingerprint density at radius 1 is 1.05 bits per heavy atom. The van der Waals surface area contributed by atoms with Gasteiger partial charge in [0.15, 0.2) is 0 Å². The van der Waals surface area contributed by atoms with E-state index in [0.717, 1.165) is 16.9 Å². The van der Waals surface area contributed by atoms with Gasteiger partial charge in [0.05, 0.1) is 30.5 Å². The molecule has 3 aromatic rings. The second-order valence-electron chi connectivity index (χ2n) is 4.79. The van der Waals surface area contributed by atoms with Crippen LogP contribution in [0.25, 0.3) is 5.69 Å². The molecule has 98 valence electrons. The van der Waals surface area contributed by atoms with Gasteiger partial charge in [-0.3, -0.25) is 9.55 Å². The Morgan fingerprint density at radius 2 is 1.90 bits per heavy atom. The number of fused-ring (bicyclic) bond motifs is 3. The topological polar surface area (TPSA) is 39.9 Å². The van der Waals surface area contributed by atoms with Crippen molar-refractivity contribution < 1.29 is 4.74 Å². The lowest BCUT2D eigenvalue weighted by molar-refractivity contribution is 0.0675. The van der Waals surface area contributed by atoms with E-state index in [4.69, 9.17) is 4.74 Å². The molecule has 4 rings (SSSR count). The maximum Gasteiger partial charge on any atom is 0.127 e. The van der Waals surface area contributed by atoms with Crippen LogP contribution in [0.5, 0.6) is 0 Å². The molecular formula is C16H13N3O. The number of benzene rings is 1. The highest BCUT2D eigenvalue weighted by Gasteiger charge is 2.29. The minimum atomic E-state index is -0.0538. The van der Waals surface area contributed by atoms with Gasteiger partial charge in [0.25, 0.3) is 0 Å². The molecular weight excluding hydrogens is 250 g/mol. The van der Waals surface area contributed by atoms with E-state index in [-0.39, 0.29) is 6.10 Å². The fourth-order valence-corrected chi connectivity index (χ4v) is 2.62. The van der Waals surface area contributed by atoms with Crippen molar-refractivity contribution in [2.24, 2.45) is 0 Å². The highest BCUT2D eigenvalue weighted by Crippen LogP contribution is 2.38. The summed E-state index contributed by atoms with van der Waals surface area (Å²) in [7, 11) is 0. The molecule has 0 radical (unpaired) electrons. The second-order valence-corrected chi connectivity index (χ2v) is 4.79. The van der Waals surface area contributed by atoms with Gasteiger partial charge >= 0.3 is 0 Å². The number of aromatic nitrogens is 3. The van der Waals surface area contributed by atoms with Gasteiger partial charge in [-0.05, 0) is 23.8 Å². The van der Waals surface area contributed by atoms with Gasteiger partial charge in [-0.2, -0.15) is 0 Å². The van der Waals surface area contributed by atoms with E-state index in [1.165, 1.54) is 5.56 Å². The molecule has 2 aromatic heterocycles. The number of nitrogens with zero attached hydrogens (tertiary/aromatic N) is 3. The lowest BCUT2D eigenvalue weighted by Gasteiger charge is -2.12. The zero-order valence-electron chi connectivity index (χ0n) is 10.8. The van der Waals surface area contributed by atoms with Crippen molar-refractivity contribution in [3.05, 3.63) is 78.1 Å². The number of hydrogen-bond donors (Lipinski definition) is 0. The number of rotatable bonds is 3. The molecule has 1 aromatic carbocycles. The van der Waals surface area contributed by atoms with Crippen LogP contribution in [0.1, 0.15) is 22.9 Å². The van der Waals surface area contributed by atoms with E-state index in [0.29, 0.717) is 6.61 Å². The zero-order chi connectivity index (χ0) is 13.4. The van der Waals surface area contributed by atoms with Crippen LogP contribution in [0.2, 0.25) is 0 Å². The zero-order valence-corrected chi connectivity index (χ0v) is 10.8. The van der Waals surface area contributed by atoms with Crippen LogP contribution in [0.3, 0.4) is 0 Å². The lowest BCUT2D eigenvalue weighted by Crippen LogP contribution is -2.03. The molecule has 0 spiro atoms. The summed E-state index contributed by atoms with van der Waals surface area (Å²) in [5.74, 6) is 0. The molecule has 1 aliphatic heterocycles. The molecule has 0 bridgehead atoms. The van der Waals surface area contributed by atoms with Crippen molar-refractivity contribution in [2.45, 2.75) is 12.7 Å². The van der Waals surface area contributed by atoms with Gasteiger partial charge in [0.1, 0.15) is 6.10 Å². The van der Waals surface area contributed by atoms with Crippen LogP contribution in [0, 0.1) is 0 Å². The molecule has 0 saturated heterocycles. The Hall–Kier alpha value is -2.46. The van der Waals surface area contributed by atoms with Gasteiger partial charge in [-0.15, -0.1) is 0 Å². The van der Waals surface area contributed by atoms with Crippen molar-refractivity contribution in [1.82, 2.24) is 14.5 Å². The Bertz CT molecular complexity index is 736. The summed E-state index contributed by atoms with van der Waals surface area (Å²) < 4.78 is 8.20. The van der Waals surface area contributed by atoms with Crippen LogP contribution in [0.4, 0.5) is 0 Å². The molecule has 1 atom stereocenters. The number of ether oxygens (including phenoxy) is 1. The molecule has 3 heterocycles.